The van der Waals surface area contributed by atoms with E-state index in [4.69, 9.17) is 18.9 Å². The van der Waals surface area contributed by atoms with Crippen molar-refractivity contribution in [2.75, 3.05) is 24.9 Å². The Balaban J connectivity index is 0.000000202. The molecule has 0 aliphatic rings. The molecule has 0 aliphatic heterocycles. The van der Waals surface area contributed by atoms with Gasteiger partial charge in [-0.3, -0.25) is 9.59 Å². The minimum Gasteiger partial charge on any atom is -0.497 e. The normalized spacial score (nSPS) is 10.1. The van der Waals surface area contributed by atoms with Crippen LogP contribution in [0.1, 0.15) is 36.6 Å². The van der Waals surface area contributed by atoms with Gasteiger partial charge in [0.25, 0.3) is 11.8 Å². The number of benzene rings is 6. The zero-order valence-corrected chi connectivity index (χ0v) is 28.7. The van der Waals surface area contributed by atoms with Crippen LogP contribution in [0.2, 0.25) is 0 Å². The van der Waals surface area contributed by atoms with E-state index in [2.05, 4.69) is 10.6 Å². The maximum atomic E-state index is 12.5. The molecule has 0 aromatic heterocycles. The molecular formula is C42H36N2O8. The molecule has 0 radical (unpaired) electrons. The van der Waals surface area contributed by atoms with Gasteiger partial charge in [-0.1, -0.05) is 42.5 Å². The maximum Gasteiger partial charge on any atom is 0.337 e. The van der Waals surface area contributed by atoms with Crippen molar-refractivity contribution in [2.24, 2.45) is 0 Å². The van der Waals surface area contributed by atoms with Gasteiger partial charge in [-0.05, 0) is 103 Å². The van der Waals surface area contributed by atoms with Crippen molar-refractivity contribution < 1.29 is 38.4 Å². The summed E-state index contributed by atoms with van der Waals surface area (Å²) in [6, 6.07) is 42.1. The van der Waals surface area contributed by atoms with Gasteiger partial charge in [0.1, 0.15) is 34.5 Å². The van der Waals surface area contributed by atoms with E-state index < -0.39 is 11.9 Å². The van der Waals surface area contributed by atoms with Gasteiger partial charge in [-0.2, -0.15) is 0 Å². The molecule has 6 aromatic carbocycles. The van der Waals surface area contributed by atoms with Crippen LogP contribution in [-0.2, 0) is 0 Å². The minimum atomic E-state index is -1.15. The summed E-state index contributed by atoms with van der Waals surface area (Å²) >= 11 is 0. The lowest BCUT2D eigenvalue weighted by molar-refractivity contribution is 0.0697. The van der Waals surface area contributed by atoms with Crippen molar-refractivity contribution in [1.82, 2.24) is 0 Å². The third kappa shape index (κ3) is 9.99. The Hall–Kier alpha value is -7.07. The fraction of sp³-hybridized carbons (Fsp3) is 0.0714. The number of para-hydroxylation sites is 2. The van der Waals surface area contributed by atoms with Crippen LogP contribution in [0.3, 0.4) is 0 Å². The van der Waals surface area contributed by atoms with E-state index >= 15 is 0 Å². The van der Waals surface area contributed by atoms with Crippen molar-refractivity contribution in [3.8, 4) is 34.5 Å². The summed E-state index contributed by atoms with van der Waals surface area (Å²) in [7, 11) is 3.13. The number of carbonyl (C=O) groups excluding carboxylic acids is 2. The molecule has 52 heavy (non-hydrogen) atoms. The van der Waals surface area contributed by atoms with Crippen molar-refractivity contribution in [2.45, 2.75) is 6.92 Å². The first kappa shape index (κ1) is 36.2. The maximum absolute atomic E-state index is 12.5. The first-order valence-electron chi connectivity index (χ1n) is 16.1. The Bertz CT molecular complexity index is 2120. The molecular weight excluding hydrogens is 660 g/mol. The highest BCUT2D eigenvalue weighted by molar-refractivity contribution is 6.08. The second kappa shape index (κ2) is 17.5. The number of ether oxygens (including phenoxy) is 4. The first-order valence-corrected chi connectivity index (χ1v) is 16.1. The Morgan fingerprint density at radius 3 is 1.33 bits per heavy atom. The van der Waals surface area contributed by atoms with E-state index in [9.17, 15) is 19.5 Å². The number of carboxylic acid groups (broad SMARTS) is 1. The molecule has 0 saturated heterocycles. The Morgan fingerprint density at radius 1 is 0.481 bits per heavy atom. The number of aromatic carboxylic acids is 1. The summed E-state index contributed by atoms with van der Waals surface area (Å²) in [6.07, 6.45) is 0. The average Bonchev–Trinajstić information content (AvgIpc) is 3.17. The van der Waals surface area contributed by atoms with Gasteiger partial charge in [0.2, 0.25) is 0 Å². The molecule has 0 bridgehead atoms. The minimum absolute atomic E-state index is 0.0303. The number of hydrogen-bond acceptors (Lipinski definition) is 7. The van der Waals surface area contributed by atoms with E-state index in [1.807, 2.05) is 73.7 Å². The Kier molecular flexibility index (Phi) is 12.2. The van der Waals surface area contributed by atoms with Crippen molar-refractivity contribution in [1.29, 1.82) is 0 Å². The summed E-state index contributed by atoms with van der Waals surface area (Å²) in [4.78, 5) is 36.4. The fourth-order valence-corrected chi connectivity index (χ4v) is 4.80. The third-order valence-electron chi connectivity index (χ3n) is 7.59. The average molecular weight is 697 g/mol. The van der Waals surface area contributed by atoms with E-state index in [0.717, 1.165) is 11.3 Å². The third-order valence-corrected chi connectivity index (χ3v) is 7.59. The monoisotopic (exact) mass is 696 g/mol. The van der Waals surface area contributed by atoms with E-state index in [0.29, 0.717) is 45.6 Å². The van der Waals surface area contributed by atoms with Crippen molar-refractivity contribution in [3.63, 3.8) is 0 Å². The van der Waals surface area contributed by atoms with Gasteiger partial charge in [0.05, 0.1) is 25.5 Å². The molecule has 0 aliphatic carbocycles. The van der Waals surface area contributed by atoms with Crippen LogP contribution in [0.4, 0.5) is 11.4 Å². The van der Waals surface area contributed by atoms with Gasteiger partial charge in [0, 0.05) is 28.9 Å². The zero-order valence-electron chi connectivity index (χ0n) is 28.7. The number of rotatable bonds is 11. The number of methoxy groups -OCH3 is 2. The van der Waals surface area contributed by atoms with Crippen LogP contribution in [0.5, 0.6) is 34.5 Å². The predicted molar refractivity (Wildman–Crippen MR) is 200 cm³/mol. The first-order chi connectivity index (χ1) is 25.2. The molecule has 3 N–H and O–H groups in total. The summed E-state index contributed by atoms with van der Waals surface area (Å²) in [5.41, 5.74) is 2.74. The van der Waals surface area contributed by atoms with Crippen molar-refractivity contribution >= 4 is 29.2 Å². The number of hydrogen-bond donors (Lipinski definition) is 3. The summed E-state index contributed by atoms with van der Waals surface area (Å²) in [5.74, 6) is 2.01. The molecule has 0 atom stereocenters. The molecule has 6 rings (SSSR count). The second-order valence-electron chi connectivity index (χ2n) is 11.2. The molecule has 10 heteroatoms. The Morgan fingerprint density at radius 2 is 0.885 bits per heavy atom. The number of carboxylic acids is 1. The lowest BCUT2D eigenvalue weighted by atomic mass is 10.1. The summed E-state index contributed by atoms with van der Waals surface area (Å²) < 4.78 is 21.7. The van der Waals surface area contributed by atoms with Gasteiger partial charge in [0.15, 0.2) is 0 Å². The van der Waals surface area contributed by atoms with Crippen molar-refractivity contribution in [3.05, 3.63) is 168 Å². The van der Waals surface area contributed by atoms with Crippen LogP contribution in [0.15, 0.2) is 146 Å². The highest BCUT2D eigenvalue weighted by Crippen LogP contribution is 2.29. The molecule has 0 unspecified atom stereocenters. The van der Waals surface area contributed by atoms with Gasteiger partial charge < -0.3 is 34.7 Å². The number of anilines is 2. The fourth-order valence-electron chi connectivity index (χ4n) is 4.80. The molecule has 0 spiro atoms. The van der Waals surface area contributed by atoms with E-state index in [1.54, 1.807) is 73.8 Å². The highest BCUT2D eigenvalue weighted by Gasteiger charge is 2.16. The lowest BCUT2D eigenvalue weighted by Crippen LogP contribution is -2.14. The number of aryl methyl sites for hydroxylation is 1. The smallest absolute Gasteiger partial charge is 0.337 e. The van der Waals surface area contributed by atoms with E-state index in [-0.39, 0.29) is 17.2 Å². The number of nitrogens with one attached hydrogen (secondary N) is 2. The molecule has 0 heterocycles. The van der Waals surface area contributed by atoms with Crippen LogP contribution in [0, 0.1) is 6.92 Å². The van der Waals surface area contributed by atoms with Gasteiger partial charge >= 0.3 is 5.97 Å². The molecule has 0 saturated carbocycles. The molecule has 10 nitrogen and oxygen atoms in total. The SMILES string of the molecule is COc1ccc(C(=O)Nc2cc(Oc3ccccc3)ccc2C(=O)O)cc1.COc1ccc(C(=O)Nc2cc(Oc3ccccc3)ccc2C)cc1. The van der Waals surface area contributed by atoms with Gasteiger partial charge in [-0.25, -0.2) is 4.79 Å². The molecule has 6 aromatic rings. The largest absolute Gasteiger partial charge is 0.497 e. The topological polar surface area (TPSA) is 132 Å². The second-order valence-corrected chi connectivity index (χ2v) is 11.2. The zero-order chi connectivity index (χ0) is 36.9. The molecule has 262 valence electrons. The number of amides is 2. The Labute approximate surface area is 301 Å². The lowest BCUT2D eigenvalue weighted by Gasteiger charge is -2.12. The quantitative estimate of drug-likeness (QED) is 0.122. The van der Waals surface area contributed by atoms with Gasteiger partial charge in [-0.15, -0.1) is 0 Å². The molecule has 2 amide bonds. The van der Waals surface area contributed by atoms with E-state index in [1.165, 1.54) is 19.2 Å². The molecule has 0 fully saturated rings. The van der Waals surface area contributed by atoms with Crippen LogP contribution in [0.25, 0.3) is 0 Å². The van der Waals surface area contributed by atoms with Crippen LogP contribution in [-0.4, -0.2) is 37.1 Å². The highest BCUT2D eigenvalue weighted by atomic mass is 16.5. The summed E-state index contributed by atoms with van der Waals surface area (Å²) in [5, 5.41) is 15.0. The summed E-state index contributed by atoms with van der Waals surface area (Å²) in [6.45, 7) is 1.94. The van der Waals surface area contributed by atoms with Crippen LogP contribution >= 0.6 is 0 Å². The standard InChI is InChI=1S/C21H17NO5.C21H19NO3/c1-26-15-9-7-14(8-10-15)20(23)22-19-13-17(11-12-18(19)21(24)25)27-16-5-3-2-4-6-16;1-15-8-11-19(25-18-6-4-3-5-7-18)14-20(15)22-21(23)16-9-12-17(24-2)13-10-16/h2-13H,1H3,(H,22,23)(H,24,25);3-14H,1-2H3,(H,22,23). The predicted octanol–water partition coefficient (Wildman–Crippen LogP) is 9.49. The number of carbonyl (C=O) groups is 3. The van der Waals surface area contributed by atoms with Crippen LogP contribution < -0.4 is 29.6 Å².